The van der Waals surface area contributed by atoms with Crippen LogP contribution in [0.25, 0.3) is 0 Å². The molecular formula is C14H21N3O. The molecule has 0 aliphatic carbocycles. The zero-order chi connectivity index (χ0) is 12.4. The first-order valence-corrected chi connectivity index (χ1v) is 7.01. The van der Waals surface area contributed by atoms with E-state index in [9.17, 15) is 4.79 Å². The fourth-order valence-corrected chi connectivity index (χ4v) is 3.20. The van der Waals surface area contributed by atoms with Gasteiger partial charge in [0.2, 0.25) is 5.91 Å². The standard InChI is InChI=1S/C14H21N3O/c18-14(11-4-1-7-15-10-11)17-9-3-6-13(17)12-5-2-8-16-12/h2,5,8,11,13,15-16H,1,3-4,6-7,9-10H2/t11-,13?/m0/s1. The summed E-state index contributed by atoms with van der Waals surface area (Å²) in [6.45, 7) is 2.83. The topological polar surface area (TPSA) is 48.1 Å². The molecule has 3 heterocycles. The summed E-state index contributed by atoms with van der Waals surface area (Å²) >= 11 is 0. The third-order valence-electron chi connectivity index (χ3n) is 4.16. The molecule has 0 radical (unpaired) electrons. The number of hydrogen-bond donors (Lipinski definition) is 2. The number of H-pyrrole nitrogens is 1. The molecule has 0 aromatic carbocycles. The van der Waals surface area contributed by atoms with E-state index in [-0.39, 0.29) is 12.0 Å². The van der Waals surface area contributed by atoms with Crippen molar-refractivity contribution >= 4 is 5.91 Å². The normalized spacial score (nSPS) is 28.6. The number of amides is 1. The number of likely N-dealkylation sites (tertiary alicyclic amines) is 1. The minimum Gasteiger partial charge on any atom is -0.363 e. The molecule has 3 rings (SSSR count). The summed E-state index contributed by atoms with van der Waals surface area (Å²) in [7, 11) is 0. The highest BCUT2D eigenvalue weighted by atomic mass is 16.2. The maximum Gasteiger partial charge on any atom is 0.227 e. The molecule has 2 saturated heterocycles. The Morgan fingerprint density at radius 2 is 2.28 bits per heavy atom. The molecule has 2 aliphatic rings. The summed E-state index contributed by atoms with van der Waals surface area (Å²) in [5.41, 5.74) is 1.18. The molecule has 1 aromatic heterocycles. The van der Waals surface area contributed by atoms with E-state index in [2.05, 4.69) is 21.3 Å². The van der Waals surface area contributed by atoms with Crippen LogP contribution in [0.4, 0.5) is 0 Å². The van der Waals surface area contributed by atoms with Crippen LogP contribution in [-0.4, -0.2) is 35.4 Å². The van der Waals surface area contributed by atoms with Gasteiger partial charge in [-0.15, -0.1) is 0 Å². The van der Waals surface area contributed by atoms with Gasteiger partial charge in [-0.1, -0.05) is 0 Å². The second kappa shape index (κ2) is 5.14. The van der Waals surface area contributed by atoms with E-state index in [0.29, 0.717) is 5.91 Å². The van der Waals surface area contributed by atoms with E-state index in [4.69, 9.17) is 0 Å². The van der Waals surface area contributed by atoms with Crippen molar-refractivity contribution in [1.29, 1.82) is 0 Å². The molecule has 1 amide bonds. The Labute approximate surface area is 108 Å². The summed E-state index contributed by atoms with van der Waals surface area (Å²) in [5.74, 6) is 0.536. The van der Waals surface area contributed by atoms with Crippen molar-refractivity contribution in [2.45, 2.75) is 31.7 Å². The minimum absolute atomic E-state index is 0.189. The van der Waals surface area contributed by atoms with Crippen molar-refractivity contribution in [3.05, 3.63) is 24.0 Å². The first-order valence-electron chi connectivity index (χ1n) is 7.01. The molecule has 1 unspecified atom stereocenters. The van der Waals surface area contributed by atoms with Gasteiger partial charge >= 0.3 is 0 Å². The van der Waals surface area contributed by atoms with Crippen LogP contribution in [0.2, 0.25) is 0 Å². The van der Waals surface area contributed by atoms with E-state index in [1.165, 1.54) is 5.69 Å². The number of carbonyl (C=O) groups is 1. The van der Waals surface area contributed by atoms with Crippen molar-refractivity contribution in [2.24, 2.45) is 5.92 Å². The number of rotatable bonds is 2. The molecule has 2 N–H and O–H groups in total. The van der Waals surface area contributed by atoms with Crippen molar-refractivity contribution in [1.82, 2.24) is 15.2 Å². The lowest BCUT2D eigenvalue weighted by Gasteiger charge is -2.30. The highest BCUT2D eigenvalue weighted by Crippen LogP contribution is 2.32. The van der Waals surface area contributed by atoms with E-state index < -0.39 is 0 Å². The van der Waals surface area contributed by atoms with Crippen LogP contribution in [0, 0.1) is 5.92 Å². The molecule has 2 aliphatic heterocycles. The lowest BCUT2D eigenvalue weighted by Crippen LogP contribution is -2.42. The molecule has 2 fully saturated rings. The van der Waals surface area contributed by atoms with Crippen LogP contribution >= 0.6 is 0 Å². The highest BCUT2D eigenvalue weighted by molar-refractivity contribution is 5.80. The molecule has 98 valence electrons. The summed E-state index contributed by atoms with van der Waals surface area (Å²) in [4.78, 5) is 17.9. The third kappa shape index (κ3) is 2.17. The lowest BCUT2D eigenvalue weighted by molar-refractivity contribution is -0.137. The SMILES string of the molecule is O=C([C@H]1CCCNC1)N1CCCC1c1ccc[nH]1. The van der Waals surface area contributed by atoms with E-state index in [0.717, 1.165) is 45.3 Å². The molecule has 4 nitrogen and oxygen atoms in total. The zero-order valence-corrected chi connectivity index (χ0v) is 10.7. The first kappa shape index (κ1) is 11.8. The number of nitrogens with one attached hydrogen (secondary N) is 2. The predicted octanol–water partition coefficient (Wildman–Crippen LogP) is 1.68. The van der Waals surface area contributed by atoms with Crippen molar-refractivity contribution in [2.75, 3.05) is 19.6 Å². The molecule has 4 heteroatoms. The number of carbonyl (C=O) groups excluding carboxylic acids is 1. The monoisotopic (exact) mass is 247 g/mol. The first-order chi connectivity index (χ1) is 8.86. The smallest absolute Gasteiger partial charge is 0.227 e. The van der Waals surface area contributed by atoms with Gasteiger partial charge in [0.25, 0.3) is 0 Å². The Hall–Kier alpha value is -1.29. The van der Waals surface area contributed by atoms with Crippen molar-refractivity contribution in [3.8, 4) is 0 Å². The molecular weight excluding hydrogens is 226 g/mol. The van der Waals surface area contributed by atoms with Crippen molar-refractivity contribution < 1.29 is 4.79 Å². The van der Waals surface area contributed by atoms with Gasteiger partial charge in [0, 0.05) is 25.0 Å². The van der Waals surface area contributed by atoms with Gasteiger partial charge in [-0.3, -0.25) is 4.79 Å². The average Bonchev–Trinajstić information content (AvgIpc) is 3.09. The van der Waals surface area contributed by atoms with E-state index in [1.54, 1.807) is 0 Å². The van der Waals surface area contributed by atoms with Gasteiger partial charge in [0.15, 0.2) is 0 Å². The third-order valence-corrected chi connectivity index (χ3v) is 4.16. The minimum atomic E-state index is 0.189. The highest BCUT2D eigenvalue weighted by Gasteiger charge is 2.34. The molecule has 1 aromatic rings. The van der Waals surface area contributed by atoms with Gasteiger partial charge in [0.05, 0.1) is 12.0 Å². The summed E-state index contributed by atoms with van der Waals surface area (Å²) in [6, 6.07) is 4.38. The summed E-state index contributed by atoms with van der Waals surface area (Å²) < 4.78 is 0. The number of aromatic amines is 1. The second-order valence-corrected chi connectivity index (χ2v) is 5.36. The Morgan fingerprint density at radius 1 is 1.33 bits per heavy atom. The van der Waals surface area contributed by atoms with Gasteiger partial charge in [0.1, 0.15) is 0 Å². The predicted molar refractivity (Wildman–Crippen MR) is 70.1 cm³/mol. The fraction of sp³-hybridized carbons (Fsp3) is 0.643. The van der Waals surface area contributed by atoms with Crippen LogP contribution in [0.1, 0.15) is 37.4 Å². The van der Waals surface area contributed by atoms with Gasteiger partial charge in [-0.05, 0) is 44.4 Å². The molecule has 18 heavy (non-hydrogen) atoms. The van der Waals surface area contributed by atoms with Gasteiger partial charge in [-0.25, -0.2) is 0 Å². The second-order valence-electron chi connectivity index (χ2n) is 5.36. The Kier molecular flexibility index (Phi) is 3.37. The Bertz CT molecular complexity index is 395. The van der Waals surface area contributed by atoms with Crippen LogP contribution < -0.4 is 5.32 Å². The lowest BCUT2D eigenvalue weighted by atomic mass is 9.97. The zero-order valence-electron chi connectivity index (χ0n) is 10.7. The molecule has 0 spiro atoms. The van der Waals surface area contributed by atoms with Gasteiger partial charge in [-0.2, -0.15) is 0 Å². The van der Waals surface area contributed by atoms with Crippen LogP contribution in [-0.2, 0) is 4.79 Å². The number of aromatic nitrogens is 1. The fourth-order valence-electron chi connectivity index (χ4n) is 3.20. The Morgan fingerprint density at radius 3 is 3.00 bits per heavy atom. The molecule has 0 bridgehead atoms. The number of nitrogens with zero attached hydrogens (tertiary/aromatic N) is 1. The summed E-state index contributed by atoms with van der Waals surface area (Å²) in [5, 5.41) is 3.33. The maximum absolute atomic E-state index is 12.6. The number of piperidine rings is 1. The van der Waals surface area contributed by atoms with Crippen LogP contribution in [0.5, 0.6) is 0 Å². The van der Waals surface area contributed by atoms with Crippen LogP contribution in [0.15, 0.2) is 18.3 Å². The summed E-state index contributed by atoms with van der Waals surface area (Å²) in [6.07, 6.45) is 6.32. The Balaban J connectivity index is 1.72. The van der Waals surface area contributed by atoms with Crippen molar-refractivity contribution in [3.63, 3.8) is 0 Å². The van der Waals surface area contributed by atoms with Crippen LogP contribution in [0.3, 0.4) is 0 Å². The van der Waals surface area contributed by atoms with E-state index in [1.807, 2.05) is 12.3 Å². The largest absolute Gasteiger partial charge is 0.363 e. The molecule has 2 atom stereocenters. The number of hydrogen-bond acceptors (Lipinski definition) is 2. The quantitative estimate of drug-likeness (QED) is 0.835. The maximum atomic E-state index is 12.6. The average molecular weight is 247 g/mol. The van der Waals surface area contributed by atoms with E-state index >= 15 is 0 Å². The van der Waals surface area contributed by atoms with Gasteiger partial charge < -0.3 is 15.2 Å². The molecule has 0 saturated carbocycles.